The average Bonchev–Trinajstić information content (AvgIpc) is 2.44. The molecule has 0 radical (unpaired) electrons. The number of hydrogen-bond donors (Lipinski definition) is 1. The molecule has 0 aliphatic rings. The Labute approximate surface area is 128 Å². The third-order valence-electron chi connectivity index (χ3n) is 3.05. The third-order valence-corrected chi connectivity index (χ3v) is 3.55. The Morgan fingerprint density at radius 1 is 1.15 bits per heavy atom. The minimum Gasteiger partial charge on any atom is -0.492 e. The van der Waals surface area contributed by atoms with Crippen molar-refractivity contribution in [1.29, 1.82) is 0 Å². The summed E-state index contributed by atoms with van der Waals surface area (Å²) in [5, 5.41) is 5.74. The number of fused-ring (bicyclic) bond motifs is 1. The van der Waals surface area contributed by atoms with E-state index in [1.54, 1.807) is 7.11 Å². The fourth-order valence-electron chi connectivity index (χ4n) is 2.07. The summed E-state index contributed by atoms with van der Waals surface area (Å²) in [5.41, 5.74) is 0. The second kappa shape index (κ2) is 7.62. The van der Waals surface area contributed by atoms with Gasteiger partial charge in [0.2, 0.25) is 0 Å². The lowest BCUT2D eigenvalue weighted by Crippen LogP contribution is -2.33. The molecule has 0 spiro atoms. The molecule has 0 amide bonds. The van der Waals surface area contributed by atoms with Gasteiger partial charge in [-0.25, -0.2) is 0 Å². The summed E-state index contributed by atoms with van der Waals surface area (Å²) in [5.74, 6) is 0.904. The third kappa shape index (κ3) is 4.47. The van der Waals surface area contributed by atoms with Gasteiger partial charge in [0, 0.05) is 24.2 Å². The number of benzene rings is 2. The van der Waals surface area contributed by atoms with E-state index in [-0.39, 0.29) is 0 Å². The smallest absolute Gasteiger partial charge is 0.120 e. The van der Waals surface area contributed by atoms with Gasteiger partial charge in [0.15, 0.2) is 0 Å². The second-order valence-electron chi connectivity index (χ2n) is 4.81. The highest BCUT2D eigenvalue weighted by Gasteiger charge is 2.01. The highest BCUT2D eigenvalue weighted by Crippen LogP contribution is 2.23. The number of methoxy groups -OCH3 is 1. The molecule has 0 heterocycles. The average molecular weight is 338 g/mol. The molecule has 0 aromatic heterocycles. The first-order chi connectivity index (χ1) is 9.69. The first-order valence-electron chi connectivity index (χ1n) is 6.73. The van der Waals surface area contributed by atoms with Gasteiger partial charge >= 0.3 is 0 Å². The van der Waals surface area contributed by atoms with Crippen molar-refractivity contribution in [3.05, 3.63) is 40.9 Å². The van der Waals surface area contributed by atoms with Crippen LogP contribution in [0.5, 0.6) is 5.75 Å². The van der Waals surface area contributed by atoms with E-state index in [1.165, 1.54) is 10.8 Å². The van der Waals surface area contributed by atoms with Crippen molar-refractivity contribution in [1.82, 2.24) is 5.32 Å². The summed E-state index contributed by atoms with van der Waals surface area (Å²) in [6, 6.07) is 12.7. The summed E-state index contributed by atoms with van der Waals surface area (Å²) in [4.78, 5) is 0. The zero-order chi connectivity index (χ0) is 14.4. The first kappa shape index (κ1) is 15.3. The predicted octanol–water partition coefficient (Wildman–Crippen LogP) is 3.61. The maximum Gasteiger partial charge on any atom is 0.120 e. The van der Waals surface area contributed by atoms with Gasteiger partial charge in [-0.05, 0) is 42.0 Å². The van der Waals surface area contributed by atoms with Gasteiger partial charge in [0.1, 0.15) is 12.4 Å². The van der Waals surface area contributed by atoms with Crippen molar-refractivity contribution in [2.45, 2.75) is 13.0 Å². The molecule has 0 saturated heterocycles. The summed E-state index contributed by atoms with van der Waals surface area (Å²) < 4.78 is 11.9. The van der Waals surface area contributed by atoms with Crippen molar-refractivity contribution in [2.24, 2.45) is 0 Å². The van der Waals surface area contributed by atoms with Gasteiger partial charge in [0.05, 0.1) is 6.61 Å². The van der Waals surface area contributed by atoms with Gasteiger partial charge < -0.3 is 14.8 Å². The van der Waals surface area contributed by atoms with Crippen molar-refractivity contribution < 1.29 is 9.47 Å². The molecular formula is C16H20BrNO2. The van der Waals surface area contributed by atoms with E-state index < -0.39 is 0 Å². The quantitative estimate of drug-likeness (QED) is 0.783. The highest BCUT2D eigenvalue weighted by molar-refractivity contribution is 9.10. The van der Waals surface area contributed by atoms with Gasteiger partial charge in [0.25, 0.3) is 0 Å². The van der Waals surface area contributed by atoms with E-state index in [2.05, 4.69) is 52.4 Å². The van der Waals surface area contributed by atoms with E-state index in [4.69, 9.17) is 9.47 Å². The lowest BCUT2D eigenvalue weighted by Gasteiger charge is -2.13. The van der Waals surface area contributed by atoms with E-state index >= 15 is 0 Å². The highest BCUT2D eigenvalue weighted by atomic mass is 79.9. The monoisotopic (exact) mass is 337 g/mol. The maximum atomic E-state index is 5.76. The van der Waals surface area contributed by atoms with Crippen LogP contribution in [0.3, 0.4) is 0 Å². The molecule has 2 aromatic rings. The topological polar surface area (TPSA) is 30.5 Å². The van der Waals surface area contributed by atoms with Crippen molar-refractivity contribution in [3.8, 4) is 5.75 Å². The summed E-state index contributed by atoms with van der Waals surface area (Å²) in [6.45, 7) is 4.27. The Hall–Kier alpha value is -1.10. The Balaban J connectivity index is 1.86. The minimum absolute atomic E-state index is 0.345. The molecule has 1 atom stereocenters. The van der Waals surface area contributed by atoms with Gasteiger partial charge in [-0.3, -0.25) is 0 Å². The van der Waals surface area contributed by atoms with E-state index in [0.717, 1.165) is 16.8 Å². The minimum atomic E-state index is 0.345. The zero-order valence-corrected chi connectivity index (χ0v) is 13.4. The Morgan fingerprint density at radius 2 is 1.90 bits per heavy atom. The molecular weight excluding hydrogens is 318 g/mol. The van der Waals surface area contributed by atoms with E-state index in [1.807, 2.05) is 12.1 Å². The molecule has 3 nitrogen and oxygen atoms in total. The fraction of sp³-hybridized carbons (Fsp3) is 0.375. The van der Waals surface area contributed by atoms with Crippen molar-refractivity contribution >= 4 is 26.7 Å². The fourth-order valence-corrected chi connectivity index (χ4v) is 2.45. The van der Waals surface area contributed by atoms with Gasteiger partial charge in [-0.2, -0.15) is 0 Å². The lowest BCUT2D eigenvalue weighted by atomic mass is 10.1. The molecule has 0 bridgehead atoms. The zero-order valence-electron chi connectivity index (χ0n) is 11.9. The number of ether oxygens (including phenoxy) is 2. The van der Waals surface area contributed by atoms with Crippen LogP contribution in [0.15, 0.2) is 40.9 Å². The van der Waals surface area contributed by atoms with Crippen LogP contribution in [0.4, 0.5) is 0 Å². The van der Waals surface area contributed by atoms with E-state index in [9.17, 15) is 0 Å². The van der Waals surface area contributed by atoms with Crippen LogP contribution in [0.2, 0.25) is 0 Å². The number of halogens is 1. The van der Waals surface area contributed by atoms with Crippen molar-refractivity contribution in [2.75, 3.05) is 26.9 Å². The second-order valence-corrected chi connectivity index (χ2v) is 5.73. The molecule has 0 aliphatic carbocycles. The Kier molecular flexibility index (Phi) is 5.83. The van der Waals surface area contributed by atoms with Crippen LogP contribution in [-0.4, -0.2) is 32.9 Å². The van der Waals surface area contributed by atoms with Crippen LogP contribution in [0, 0.1) is 0 Å². The molecule has 1 N–H and O–H groups in total. The number of hydrogen-bond acceptors (Lipinski definition) is 3. The summed E-state index contributed by atoms with van der Waals surface area (Å²) in [6.07, 6.45) is 0. The molecule has 20 heavy (non-hydrogen) atoms. The predicted molar refractivity (Wildman–Crippen MR) is 86.5 cm³/mol. The van der Waals surface area contributed by atoms with Crippen molar-refractivity contribution in [3.63, 3.8) is 0 Å². The van der Waals surface area contributed by atoms with Gasteiger partial charge in [-0.15, -0.1) is 0 Å². The standard InChI is InChI=1S/C16H20BrNO2/c1-12(11-19-2)18-7-8-20-16-6-4-13-9-15(17)5-3-14(13)10-16/h3-6,9-10,12,18H,7-8,11H2,1-2H3. The molecule has 0 fully saturated rings. The molecule has 108 valence electrons. The SMILES string of the molecule is COCC(C)NCCOc1ccc2cc(Br)ccc2c1. The van der Waals surface area contributed by atoms with Gasteiger partial charge in [-0.1, -0.05) is 28.1 Å². The van der Waals surface area contributed by atoms with Crippen LogP contribution in [-0.2, 0) is 4.74 Å². The lowest BCUT2D eigenvalue weighted by molar-refractivity contribution is 0.169. The molecule has 2 aromatic carbocycles. The Morgan fingerprint density at radius 3 is 2.70 bits per heavy atom. The number of nitrogens with one attached hydrogen (secondary N) is 1. The molecule has 1 unspecified atom stereocenters. The molecule has 0 aliphatic heterocycles. The molecule has 2 rings (SSSR count). The molecule has 4 heteroatoms. The van der Waals surface area contributed by atoms with E-state index in [0.29, 0.717) is 19.3 Å². The normalized spacial score (nSPS) is 12.6. The molecule has 0 saturated carbocycles. The largest absolute Gasteiger partial charge is 0.492 e. The number of rotatable bonds is 7. The van der Waals surface area contributed by atoms with Crippen LogP contribution in [0.25, 0.3) is 10.8 Å². The first-order valence-corrected chi connectivity index (χ1v) is 7.53. The summed E-state index contributed by atoms with van der Waals surface area (Å²) >= 11 is 3.48. The van der Waals surface area contributed by atoms with Crippen LogP contribution < -0.4 is 10.1 Å². The Bertz CT molecular complexity index is 559. The van der Waals surface area contributed by atoms with Crippen LogP contribution >= 0.6 is 15.9 Å². The maximum absolute atomic E-state index is 5.76. The van der Waals surface area contributed by atoms with Crippen LogP contribution in [0.1, 0.15) is 6.92 Å². The summed E-state index contributed by atoms with van der Waals surface area (Å²) in [7, 11) is 1.71.